The van der Waals surface area contributed by atoms with Gasteiger partial charge in [-0.3, -0.25) is 0 Å². The quantitative estimate of drug-likeness (QED) is 0.303. The first-order chi connectivity index (χ1) is 9.96. The molecule has 0 amide bonds. The van der Waals surface area contributed by atoms with Gasteiger partial charge in [-0.25, -0.2) is 0 Å². The van der Waals surface area contributed by atoms with Crippen molar-refractivity contribution in [1.29, 1.82) is 0 Å². The lowest BCUT2D eigenvalue weighted by Gasteiger charge is -1.94. The van der Waals surface area contributed by atoms with Crippen LogP contribution in [0, 0.1) is 0 Å². The fourth-order valence-corrected chi connectivity index (χ4v) is 1.70. The zero-order chi connectivity index (χ0) is 17.1. The Morgan fingerprint density at radius 1 is 0.905 bits per heavy atom. The van der Waals surface area contributed by atoms with E-state index in [0.717, 1.165) is 42.4 Å². The van der Waals surface area contributed by atoms with Gasteiger partial charge in [-0.05, 0) is 39.2 Å². The molecule has 0 heterocycles. The molecule has 0 radical (unpaired) electrons. The maximum atomic E-state index is 8.33. The summed E-state index contributed by atoms with van der Waals surface area (Å²) in [7, 11) is -0.175. The summed E-state index contributed by atoms with van der Waals surface area (Å²) in [6.07, 6.45) is 2.52. The monoisotopic (exact) mass is 317 g/mol. The summed E-state index contributed by atoms with van der Waals surface area (Å²) in [6.45, 7) is 13.1. The Balaban J connectivity index is -0.000000240. The Bertz CT molecular complexity index is 311. The van der Waals surface area contributed by atoms with E-state index in [1.54, 1.807) is 13.8 Å². The van der Waals surface area contributed by atoms with Crippen LogP contribution in [0.2, 0.25) is 6.04 Å². The maximum Gasteiger partial charge on any atom is 0.0539 e. The molecule has 0 atom stereocenters. The van der Waals surface area contributed by atoms with E-state index in [4.69, 9.17) is 15.6 Å². The topological polar surface area (TPSA) is 97.8 Å². The molecule has 0 rings (SSSR count). The predicted molar refractivity (Wildman–Crippen MR) is 93.4 cm³/mol. The Labute approximate surface area is 130 Å². The number of hydrogen-bond donors (Lipinski definition) is 3. The van der Waals surface area contributed by atoms with E-state index in [2.05, 4.69) is 22.0 Å². The van der Waals surface area contributed by atoms with Crippen LogP contribution >= 0.6 is 0 Å². The van der Waals surface area contributed by atoms with Gasteiger partial charge in [-0.15, -0.1) is 12.3 Å². The molecule has 21 heavy (non-hydrogen) atoms. The minimum Gasteiger partial charge on any atom is -0.411 e. The highest BCUT2D eigenvalue weighted by molar-refractivity contribution is 6.47. The normalized spacial score (nSPS) is 12.3. The van der Waals surface area contributed by atoms with Crippen LogP contribution in [0.1, 0.15) is 53.9 Å². The molecule has 3 N–H and O–H groups in total. The van der Waals surface area contributed by atoms with Crippen LogP contribution in [0.3, 0.4) is 0 Å². The van der Waals surface area contributed by atoms with Crippen molar-refractivity contribution >= 4 is 26.7 Å². The van der Waals surface area contributed by atoms with Crippen molar-refractivity contribution in [2.45, 2.75) is 59.9 Å². The zero-order valence-electron chi connectivity index (χ0n) is 14.0. The van der Waals surface area contributed by atoms with Crippen LogP contribution in [0.25, 0.3) is 0 Å². The van der Waals surface area contributed by atoms with Crippen LogP contribution in [-0.2, 0) is 0 Å². The minimum absolute atomic E-state index is 0.175. The van der Waals surface area contributed by atoms with Crippen molar-refractivity contribution in [2.24, 2.45) is 15.5 Å². The number of hydrogen-bond acceptors (Lipinski definition) is 6. The van der Waals surface area contributed by atoms with E-state index >= 15 is 0 Å². The van der Waals surface area contributed by atoms with E-state index < -0.39 is 0 Å². The van der Waals surface area contributed by atoms with Crippen LogP contribution in [-0.4, -0.2) is 42.3 Å². The molecule has 0 aromatic heterocycles. The average Bonchev–Trinajstić information content (AvgIpc) is 2.55. The molecule has 0 saturated carbocycles. The molecule has 6 nitrogen and oxygen atoms in total. The largest absolute Gasteiger partial charge is 0.411 e. The number of nitrogens with zero attached hydrogens (tertiary/aromatic N) is 3. The SMILES string of the molecule is C=C[SiH2]CC(CC)=NO.CCC(C)=NO.CCC(C)=NO. The van der Waals surface area contributed by atoms with Crippen LogP contribution < -0.4 is 0 Å². The molecular formula is C14H31N3O3Si. The number of oxime groups is 3. The summed E-state index contributed by atoms with van der Waals surface area (Å²) >= 11 is 0. The maximum absolute atomic E-state index is 8.33. The van der Waals surface area contributed by atoms with Gasteiger partial charge < -0.3 is 15.6 Å². The third-order valence-corrected chi connectivity index (χ3v) is 3.83. The van der Waals surface area contributed by atoms with Crippen molar-refractivity contribution in [2.75, 3.05) is 0 Å². The summed E-state index contributed by atoms with van der Waals surface area (Å²) < 4.78 is 0. The molecule has 0 aromatic carbocycles. The van der Waals surface area contributed by atoms with Crippen LogP contribution in [0.4, 0.5) is 0 Å². The highest BCUT2D eigenvalue weighted by Crippen LogP contribution is 1.91. The van der Waals surface area contributed by atoms with Gasteiger partial charge in [0.05, 0.1) is 26.7 Å². The molecule has 0 unspecified atom stereocenters. The lowest BCUT2D eigenvalue weighted by atomic mass is 10.3. The second kappa shape index (κ2) is 20.7. The van der Waals surface area contributed by atoms with Gasteiger partial charge in [0.15, 0.2) is 0 Å². The van der Waals surface area contributed by atoms with E-state index in [1.807, 2.05) is 26.5 Å². The van der Waals surface area contributed by atoms with Crippen LogP contribution in [0.15, 0.2) is 27.7 Å². The molecule has 0 spiro atoms. The first kappa shape index (κ1) is 24.4. The van der Waals surface area contributed by atoms with Gasteiger partial charge in [0.25, 0.3) is 0 Å². The summed E-state index contributed by atoms with van der Waals surface area (Å²) in [5.41, 5.74) is 4.41. The fourth-order valence-electron chi connectivity index (χ4n) is 0.708. The lowest BCUT2D eigenvalue weighted by Crippen LogP contribution is -1.98. The smallest absolute Gasteiger partial charge is 0.0539 e. The average molecular weight is 318 g/mol. The third-order valence-electron chi connectivity index (χ3n) is 2.55. The number of rotatable bonds is 6. The lowest BCUT2D eigenvalue weighted by molar-refractivity contribution is 0.317. The molecular weight excluding hydrogens is 286 g/mol. The zero-order valence-corrected chi connectivity index (χ0v) is 15.4. The molecule has 124 valence electrons. The first-order valence-corrected chi connectivity index (χ1v) is 8.94. The van der Waals surface area contributed by atoms with Gasteiger partial charge in [-0.2, -0.15) is 0 Å². The van der Waals surface area contributed by atoms with Gasteiger partial charge in [-0.1, -0.05) is 36.2 Å². The predicted octanol–water partition coefficient (Wildman–Crippen LogP) is 3.45. The Hall–Kier alpha value is -1.63. The molecule has 0 bridgehead atoms. The van der Waals surface area contributed by atoms with Gasteiger partial charge in [0, 0.05) is 0 Å². The van der Waals surface area contributed by atoms with Crippen molar-refractivity contribution in [3.05, 3.63) is 12.3 Å². The molecule has 0 aromatic rings. The summed E-state index contributed by atoms with van der Waals surface area (Å²) in [5, 5.41) is 33.2. The van der Waals surface area contributed by atoms with Crippen LogP contribution in [0.5, 0.6) is 0 Å². The van der Waals surface area contributed by atoms with E-state index in [1.165, 1.54) is 0 Å². The molecule has 0 aliphatic carbocycles. The molecule has 0 aliphatic heterocycles. The van der Waals surface area contributed by atoms with E-state index in [-0.39, 0.29) is 9.52 Å². The minimum atomic E-state index is -0.175. The summed E-state index contributed by atoms with van der Waals surface area (Å²) in [5.74, 6) is 0. The molecule has 0 fully saturated rings. The van der Waals surface area contributed by atoms with Crippen molar-refractivity contribution in [3.8, 4) is 0 Å². The molecule has 0 aliphatic rings. The second-order valence-electron chi connectivity index (χ2n) is 4.22. The third kappa shape index (κ3) is 23.8. The highest BCUT2D eigenvalue weighted by atomic mass is 28.2. The standard InChI is InChI=1S/C6H13NOSi.2C4H9NO/c1-3-6(7-8)5-9-4-2;2*1-3-4(2)5-6/h4,8H,2-3,5,9H2,1H3;2*6H,3H2,1-2H3. The Morgan fingerprint density at radius 2 is 1.33 bits per heavy atom. The van der Waals surface area contributed by atoms with Crippen molar-refractivity contribution in [3.63, 3.8) is 0 Å². The molecule has 7 heteroatoms. The molecule has 0 saturated heterocycles. The van der Waals surface area contributed by atoms with E-state index in [0.29, 0.717) is 0 Å². The Kier molecular flexibility index (Phi) is 24.0. The van der Waals surface area contributed by atoms with E-state index in [9.17, 15) is 0 Å². The second-order valence-corrected chi connectivity index (χ2v) is 5.88. The fraction of sp³-hybridized carbons (Fsp3) is 0.643. The van der Waals surface area contributed by atoms with Gasteiger partial charge in [0.2, 0.25) is 0 Å². The Morgan fingerprint density at radius 3 is 1.48 bits per heavy atom. The van der Waals surface area contributed by atoms with Crippen molar-refractivity contribution < 1.29 is 15.6 Å². The van der Waals surface area contributed by atoms with Crippen molar-refractivity contribution in [1.82, 2.24) is 0 Å². The van der Waals surface area contributed by atoms with Gasteiger partial charge in [0.1, 0.15) is 0 Å². The first-order valence-electron chi connectivity index (χ1n) is 7.12. The van der Waals surface area contributed by atoms with Gasteiger partial charge >= 0.3 is 0 Å². The summed E-state index contributed by atoms with van der Waals surface area (Å²) in [4.78, 5) is 0. The summed E-state index contributed by atoms with van der Waals surface area (Å²) in [6, 6.07) is 0.969. The highest BCUT2D eigenvalue weighted by Gasteiger charge is 1.92.